The molecule has 0 bridgehead atoms. The van der Waals surface area contributed by atoms with Crippen molar-refractivity contribution in [2.24, 2.45) is 0 Å². The van der Waals surface area contributed by atoms with Gasteiger partial charge in [-0.2, -0.15) is 9.97 Å². The summed E-state index contributed by atoms with van der Waals surface area (Å²) in [4.78, 5) is 12.9. The Morgan fingerprint density at radius 2 is 1.83 bits per heavy atom. The maximum absolute atomic E-state index is 5.66. The second-order valence-corrected chi connectivity index (χ2v) is 6.58. The van der Waals surface area contributed by atoms with Crippen LogP contribution in [-0.2, 0) is 11.3 Å². The summed E-state index contributed by atoms with van der Waals surface area (Å²) >= 11 is 1.52. The second-order valence-electron chi connectivity index (χ2n) is 5.41. The van der Waals surface area contributed by atoms with Gasteiger partial charge >= 0.3 is 0 Å². The zero-order valence-corrected chi connectivity index (χ0v) is 14.8. The number of methoxy groups -OCH3 is 3. The predicted molar refractivity (Wildman–Crippen MR) is 88.1 cm³/mol. The lowest BCUT2D eigenvalue weighted by molar-refractivity contribution is 0.0174. The van der Waals surface area contributed by atoms with Crippen molar-refractivity contribution in [1.29, 1.82) is 0 Å². The number of ether oxygens (including phenoxy) is 3. The maximum Gasteiger partial charge on any atom is 0.220 e. The van der Waals surface area contributed by atoms with Gasteiger partial charge in [0.2, 0.25) is 11.8 Å². The summed E-state index contributed by atoms with van der Waals surface area (Å²) in [6.07, 6.45) is 5.46. The van der Waals surface area contributed by atoms with Gasteiger partial charge in [-0.05, 0) is 13.8 Å². The Morgan fingerprint density at radius 3 is 2.30 bits per heavy atom. The molecule has 0 aliphatic rings. The largest absolute Gasteiger partial charge is 0.481 e. The van der Waals surface area contributed by atoms with Gasteiger partial charge in [0.05, 0.1) is 37.5 Å². The van der Waals surface area contributed by atoms with Crippen LogP contribution < -0.4 is 9.47 Å². The number of rotatable bonds is 8. The number of thioether (sulfide) groups is 1. The fourth-order valence-electron chi connectivity index (χ4n) is 1.89. The van der Waals surface area contributed by atoms with Crippen LogP contribution in [-0.4, -0.2) is 51.7 Å². The molecule has 0 fully saturated rings. The van der Waals surface area contributed by atoms with Gasteiger partial charge < -0.3 is 18.8 Å². The SMILES string of the molecule is COc1cc(OC)nc(SC(Cn2ccnc2)C(C)(C)OC)n1. The van der Waals surface area contributed by atoms with Crippen LogP contribution in [0, 0.1) is 0 Å². The van der Waals surface area contributed by atoms with Crippen LogP contribution in [0.3, 0.4) is 0 Å². The van der Waals surface area contributed by atoms with Gasteiger partial charge in [-0.25, -0.2) is 4.98 Å². The van der Waals surface area contributed by atoms with Crippen LogP contribution >= 0.6 is 11.8 Å². The molecule has 2 aromatic rings. The quantitative estimate of drug-likeness (QED) is 0.540. The Bertz CT molecular complexity index is 597. The van der Waals surface area contributed by atoms with Gasteiger partial charge in [0.1, 0.15) is 0 Å². The average Bonchev–Trinajstić information content (AvgIpc) is 3.06. The van der Waals surface area contributed by atoms with E-state index in [0.717, 1.165) is 0 Å². The first-order valence-corrected chi connectivity index (χ1v) is 8.01. The molecule has 0 aliphatic carbocycles. The van der Waals surface area contributed by atoms with Crippen molar-refractivity contribution in [3.63, 3.8) is 0 Å². The Kier molecular flexibility index (Phi) is 5.84. The van der Waals surface area contributed by atoms with Gasteiger partial charge in [-0.15, -0.1) is 0 Å². The highest BCUT2D eigenvalue weighted by Crippen LogP contribution is 2.33. The monoisotopic (exact) mass is 338 g/mol. The molecular weight excluding hydrogens is 316 g/mol. The molecule has 2 rings (SSSR count). The topological polar surface area (TPSA) is 71.3 Å². The lowest BCUT2D eigenvalue weighted by Crippen LogP contribution is -2.38. The highest BCUT2D eigenvalue weighted by molar-refractivity contribution is 7.99. The van der Waals surface area contributed by atoms with E-state index in [1.165, 1.54) is 11.8 Å². The summed E-state index contributed by atoms with van der Waals surface area (Å²) in [7, 11) is 4.84. The van der Waals surface area contributed by atoms with E-state index >= 15 is 0 Å². The van der Waals surface area contributed by atoms with E-state index in [2.05, 4.69) is 15.0 Å². The van der Waals surface area contributed by atoms with Crippen molar-refractivity contribution in [2.75, 3.05) is 21.3 Å². The lowest BCUT2D eigenvalue weighted by Gasteiger charge is -2.32. The molecule has 126 valence electrons. The van der Waals surface area contributed by atoms with Gasteiger partial charge in [0.15, 0.2) is 5.16 Å². The molecule has 1 atom stereocenters. The van der Waals surface area contributed by atoms with Gasteiger partial charge in [0.25, 0.3) is 0 Å². The second kappa shape index (κ2) is 7.65. The van der Waals surface area contributed by atoms with Crippen molar-refractivity contribution in [2.45, 2.75) is 36.4 Å². The Hall–Kier alpha value is -1.80. The Labute approximate surface area is 140 Å². The summed E-state index contributed by atoms with van der Waals surface area (Å²) in [5.41, 5.74) is -0.380. The van der Waals surface area contributed by atoms with E-state index in [9.17, 15) is 0 Å². The van der Waals surface area contributed by atoms with E-state index in [1.54, 1.807) is 39.9 Å². The minimum absolute atomic E-state index is 0.0681. The number of imidazole rings is 1. The number of hydrogen-bond donors (Lipinski definition) is 0. The first-order chi connectivity index (χ1) is 11.0. The van der Waals surface area contributed by atoms with E-state index in [-0.39, 0.29) is 10.9 Å². The molecule has 7 nitrogen and oxygen atoms in total. The van der Waals surface area contributed by atoms with Gasteiger partial charge in [-0.3, -0.25) is 0 Å². The normalized spacial score (nSPS) is 12.9. The van der Waals surface area contributed by atoms with E-state index in [0.29, 0.717) is 23.5 Å². The molecule has 0 aromatic carbocycles. The predicted octanol–water partition coefficient (Wildman–Crippen LogP) is 2.28. The molecular formula is C15H22N4O3S. The number of hydrogen-bond acceptors (Lipinski definition) is 7. The van der Waals surface area contributed by atoms with Crippen LogP contribution in [0.4, 0.5) is 0 Å². The maximum atomic E-state index is 5.66. The van der Waals surface area contributed by atoms with Crippen LogP contribution in [0.15, 0.2) is 29.9 Å². The lowest BCUT2D eigenvalue weighted by atomic mass is 10.0. The highest BCUT2D eigenvalue weighted by atomic mass is 32.2. The summed E-state index contributed by atoms with van der Waals surface area (Å²) in [6.45, 7) is 4.80. The highest BCUT2D eigenvalue weighted by Gasteiger charge is 2.32. The van der Waals surface area contributed by atoms with Crippen LogP contribution in [0.5, 0.6) is 11.8 Å². The third kappa shape index (κ3) is 4.59. The molecule has 1 unspecified atom stereocenters. The summed E-state index contributed by atoms with van der Waals surface area (Å²) in [6, 6.07) is 1.65. The molecule has 8 heteroatoms. The van der Waals surface area contributed by atoms with Gasteiger partial charge in [0, 0.05) is 26.0 Å². The van der Waals surface area contributed by atoms with Crippen LogP contribution in [0.25, 0.3) is 0 Å². The standard InChI is InChI=1S/C15H22N4O3S/c1-15(2,22-5)11(9-19-7-6-16-10-19)23-14-17-12(20-3)8-13(18-14)21-4/h6-8,10-11H,9H2,1-5H3. The smallest absolute Gasteiger partial charge is 0.220 e. The molecule has 0 N–H and O–H groups in total. The van der Waals surface area contributed by atoms with Crippen molar-refractivity contribution >= 4 is 11.8 Å². The summed E-state index contributed by atoms with van der Waals surface area (Å²) in [5, 5.41) is 0.648. The molecule has 23 heavy (non-hydrogen) atoms. The molecule has 0 spiro atoms. The molecule has 0 aliphatic heterocycles. The summed E-state index contributed by atoms with van der Waals surface area (Å²) in [5.74, 6) is 0.937. The first kappa shape index (κ1) is 17.6. The van der Waals surface area contributed by atoms with Crippen molar-refractivity contribution < 1.29 is 14.2 Å². The minimum atomic E-state index is -0.380. The molecule has 2 heterocycles. The average molecular weight is 338 g/mol. The molecule has 0 saturated carbocycles. The zero-order chi connectivity index (χ0) is 16.9. The molecule has 0 radical (unpaired) electrons. The number of nitrogens with zero attached hydrogens (tertiary/aromatic N) is 4. The fourth-order valence-corrected chi connectivity index (χ4v) is 3.06. The van der Waals surface area contributed by atoms with E-state index in [4.69, 9.17) is 14.2 Å². The van der Waals surface area contributed by atoms with E-state index < -0.39 is 0 Å². The third-order valence-electron chi connectivity index (χ3n) is 3.56. The van der Waals surface area contributed by atoms with Crippen molar-refractivity contribution in [3.05, 3.63) is 24.8 Å². The summed E-state index contributed by atoms with van der Waals surface area (Å²) < 4.78 is 18.1. The van der Waals surface area contributed by atoms with Crippen LogP contribution in [0.1, 0.15) is 13.8 Å². The fraction of sp³-hybridized carbons (Fsp3) is 0.533. The van der Waals surface area contributed by atoms with Crippen molar-refractivity contribution in [1.82, 2.24) is 19.5 Å². The number of aromatic nitrogens is 4. The Balaban J connectivity index is 2.26. The van der Waals surface area contributed by atoms with Crippen LogP contribution in [0.2, 0.25) is 0 Å². The minimum Gasteiger partial charge on any atom is -0.481 e. The molecule has 0 saturated heterocycles. The Morgan fingerprint density at radius 1 is 1.17 bits per heavy atom. The zero-order valence-electron chi connectivity index (χ0n) is 14.0. The van der Waals surface area contributed by atoms with Crippen molar-refractivity contribution in [3.8, 4) is 11.8 Å². The molecule has 0 amide bonds. The van der Waals surface area contributed by atoms with E-state index in [1.807, 2.05) is 24.6 Å². The molecule has 2 aromatic heterocycles. The third-order valence-corrected chi connectivity index (χ3v) is 4.96. The van der Waals surface area contributed by atoms with Gasteiger partial charge in [-0.1, -0.05) is 11.8 Å². The first-order valence-electron chi connectivity index (χ1n) is 7.13.